The first kappa shape index (κ1) is 30.5. The van der Waals surface area contributed by atoms with E-state index >= 15 is 0 Å². The SMILES string of the molecule is CCOC(=O)C1=C(N)COCC1.CCOC(=O)C1CCOCC1=O.CO.NOC(N)=O. The van der Waals surface area contributed by atoms with Crippen molar-refractivity contribution in [3.8, 4) is 0 Å². The van der Waals surface area contributed by atoms with Crippen LogP contribution in [-0.2, 0) is 38.2 Å². The zero-order valence-corrected chi connectivity index (χ0v) is 18.1. The van der Waals surface area contributed by atoms with Gasteiger partial charge in [-0.1, -0.05) is 0 Å². The number of ether oxygens (including phenoxy) is 4. The molecule has 13 heteroatoms. The summed E-state index contributed by atoms with van der Waals surface area (Å²) in [5, 5.41) is 7.00. The van der Waals surface area contributed by atoms with Gasteiger partial charge in [-0.25, -0.2) is 9.59 Å². The molecule has 0 aromatic carbocycles. The molecule has 0 bridgehead atoms. The van der Waals surface area contributed by atoms with Crippen LogP contribution in [0.1, 0.15) is 26.7 Å². The molecule has 0 spiro atoms. The monoisotopic (exact) mass is 451 g/mol. The molecule has 1 fully saturated rings. The Kier molecular flexibility index (Phi) is 18.9. The van der Waals surface area contributed by atoms with Gasteiger partial charge in [-0.05, 0) is 20.3 Å². The Labute approximate surface area is 180 Å². The van der Waals surface area contributed by atoms with Gasteiger partial charge >= 0.3 is 18.0 Å². The number of rotatable bonds is 4. The number of Topliss-reactive ketones (excluding diaryl/α,β-unsaturated/α-hetero) is 1. The number of primary amides is 1. The molecule has 31 heavy (non-hydrogen) atoms. The maximum Gasteiger partial charge on any atom is 0.423 e. The zero-order chi connectivity index (χ0) is 24.2. The Balaban J connectivity index is 0. The third-order valence-electron chi connectivity index (χ3n) is 3.53. The summed E-state index contributed by atoms with van der Waals surface area (Å²) < 4.78 is 19.5. The predicted molar refractivity (Wildman–Crippen MR) is 107 cm³/mol. The third kappa shape index (κ3) is 14.0. The Morgan fingerprint density at radius 1 is 1.06 bits per heavy atom. The summed E-state index contributed by atoms with van der Waals surface area (Å²) in [7, 11) is 1.00. The highest BCUT2D eigenvalue weighted by Gasteiger charge is 2.30. The van der Waals surface area contributed by atoms with Gasteiger partial charge in [0.15, 0.2) is 5.78 Å². The van der Waals surface area contributed by atoms with Crippen LogP contribution < -0.4 is 17.4 Å². The van der Waals surface area contributed by atoms with Gasteiger partial charge in [0, 0.05) is 25.8 Å². The molecule has 2 heterocycles. The van der Waals surface area contributed by atoms with Crippen LogP contribution in [0, 0.1) is 5.92 Å². The second-order valence-corrected chi connectivity index (χ2v) is 5.58. The molecule has 2 aliphatic rings. The van der Waals surface area contributed by atoms with Crippen molar-refractivity contribution in [2.24, 2.45) is 23.3 Å². The fourth-order valence-electron chi connectivity index (χ4n) is 2.18. The fraction of sp³-hybridized carbons (Fsp3) is 0.667. The number of aliphatic hydroxyl groups is 1. The molecule has 0 aromatic heterocycles. The second-order valence-electron chi connectivity index (χ2n) is 5.58. The number of carbonyl (C=O) groups is 4. The number of aliphatic hydroxyl groups excluding tert-OH is 1. The van der Waals surface area contributed by atoms with Crippen molar-refractivity contribution in [1.82, 2.24) is 0 Å². The van der Waals surface area contributed by atoms with Crippen LogP contribution >= 0.6 is 0 Å². The summed E-state index contributed by atoms with van der Waals surface area (Å²) >= 11 is 0. The molecule has 2 rings (SSSR count). The number of carbonyl (C=O) groups excluding carboxylic acids is 4. The zero-order valence-electron chi connectivity index (χ0n) is 18.1. The van der Waals surface area contributed by atoms with E-state index < -0.39 is 18.0 Å². The first-order chi connectivity index (χ1) is 14.8. The first-order valence-electron chi connectivity index (χ1n) is 9.38. The van der Waals surface area contributed by atoms with Crippen LogP contribution in [0.4, 0.5) is 4.79 Å². The van der Waals surface area contributed by atoms with Gasteiger partial charge in [-0.3, -0.25) is 9.59 Å². The maximum absolute atomic E-state index is 11.2. The van der Waals surface area contributed by atoms with Gasteiger partial charge < -0.3 is 40.4 Å². The second kappa shape index (κ2) is 19.2. The fourth-order valence-corrected chi connectivity index (χ4v) is 2.18. The molecule has 13 nitrogen and oxygen atoms in total. The number of hydrogen-bond donors (Lipinski definition) is 4. The van der Waals surface area contributed by atoms with Gasteiger partial charge in [0.1, 0.15) is 12.5 Å². The van der Waals surface area contributed by atoms with Crippen molar-refractivity contribution >= 4 is 23.8 Å². The van der Waals surface area contributed by atoms with Crippen molar-refractivity contribution in [2.45, 2.75) is 26.7 Å². The topological polar surface area (TPSA) is 213 Å². The van der Waals surface area contributed by atoms with Gasteiger partial charge in [0.25, 0.3) is 0 Å². The van der Waals surface area contributed by atoms with Crippen LogP contribution in [0.5, 0.6) is 0 Å². The quantitative estimate of drug-likeness (QED) is 0.228. The molecule has 0 saturated carbocycles. The standard InChI is InChI=1S/C8H13NO3.C8H12O4.CH4N2O2.CH4O/c2*1-2-12-8(10)6-3-4-11-5-7(6)9;2-1(4)5-3;1-2/h2-5,9H2,1H3;6H,2-5H2,1H3;3H2,(H2,2,4);2H,1H3. The number of nitrogens with two attached hydrogens (primary N) is 3. The summed E-state index contributed by atoms with van der Waals surface area (Å²) in [5.41, 5.74) is 10.9. The van der Waals surface area contributed by atoms with E-state index in [1.807, 2.05) is 0 Å². The highest BCUT2D eigenvalue weighted by atomic mass is 16.7. The lowest BCUT2D eigenvalue weighted by atomic mass is 9.99. The summed E-state index contributed by atoms with van der Waals surface area (Å²) in [5.74, 6) is 2.73. The van der Waals surface area contributed by atoms with Crippen molar-refractivity contribution < 1.29 is 48.1 Å². The van der Waals surface area contributed by atoms with Crippen molar-refractivity contribution in [1.29, 1.82) is 0 Å². The molecule has 1 unspecified atom stereocenters. The Bertz CT molecular complexity index is 595. The Morgan fingerprint density at radius 2 is 1.61 bits per heavy atom. The van der Waals surface area contributed by atoms with Crippen LogP contribution in [0.15, 0.2) is 11.3 Å². The summed E-state index contributed by atoms with van der Waals surface area (Å²) in [6.07, 6.45) is 0.0486. The summed E-state index contributed by atoms with van der Waals surface area (Å²) in [4.78, 5) is 46.0. The van der Waals surface area contributed by atoms with Crippen LogP contribution in [-0.4, -0.2) is 75.7 Å². The molecule has 1 amide bonds. The molecule has 7 N–H and O–H groups in total. The smallest absolute Gasteiger partial charge is 0.423 e. The van der Waals surface area contributed by atoms with E-state index in [9.17, 15) is 19.2 Å². The minimum atomic E-state index is -0.968. The number of hydrogen-bond acceptors (Lipinski definition) is 12. The lowest BCUT2D eigenvalue weighted by Gasteiger charge is -2.18. The Hall–Kier alpha value is -2.74. The minimum absolute atomic E-state index is 0.0451. The predicted octanol–water partition coefficient (Wildman–Crippen LogP) is -1.10. The number of esters is 2. The third-order valence-corrected chi connectivity index (χ3v) is 3.53. The maximum atomic E-state index is 11.2. The lowest BCUT2D eigenvalue weighted by molar-refractivity contribution is -0.156. The molecule has 0 aromatic rings. The molecule has 0 aliphatic carbocycles. The molecule has 1 atom stereocenters. The van der Waals surface area contributed by atoms with Gasteiger partial charge in [-0.15, -0.1) is 0 Å². The molecule has 1 saturated heterocycles. The number of amides is 1. The minimum Gasteiger partial charge on any atom is -0.465 e. The first-order valence-corrected chi connectivity index (χ1v) is 9.38. The average Bonchev–Trinajstić information content (AvgIpc) is 2.77. The van der Waals surface area contributed by atoms with Gasteiger partial charge in [0.05, 0.1) is 32.0 Å². The van der Waals surface area contributed by atoms with Gasteiger partial charge in [0.2, 0.25) is 0 Å². The van der Waals surface area contributed by atoms with E-state index in [0.29, 0.717) is 57.1 Å². The molecule has 2 aliphatic heterocycles. The summed E-state index contributed by atoms with van der Waals surface area (Å²) in [6.45, 7) is 5.61. The van der Waals surface area contributed by atoms with E-state index in [-0.39, 0.29) is 18.4 Å². The van der Waals surface area contributed by atoms with Crippen molar-refractivity contribution in [2.75, 3.05) is 46.8 Å². The van der Waals surface area contributed by atoms with Crippen molar-refractivity contribution in [3.63, 3.8) is 0 Å². The lowest BCUT2D eigenvalue weighted by Crippen LogP contribution is -2.34. The normalized spacial score (nSPS) is 17.3. The van der Waals surface area contributed by atoms with E-state index in [0.717, 1.165) is 7.11 Å². The molecule has 0 radical (unpaired) electrons. The molecule has 180 valence electrons. The Morgan fingerprint density at radius 3 is 2.06 bits per heavy atom. The molecular weight excluding hydrogens is 418 g/mol. The van der Waals surface area contributed by atoms with Crippen LogP contribution in [0.3, 0.4) is 0 Å². The van der Waals surface area contributed by atoms with E-state index in [4.69, 9.17) is 29.8 Å². The van der Waals surface area contributed by atoms with E-state index in [1.54, 1.807) is 13.8 Å². The van der Waals surface area contributed by atoms with Crippen LogP contribution in [0.25, 0.3) is 0 Å². The largest absolute Gasteiger partial charge is 0.465 e. The van der Waals surface area contributed by atoms with E-state index in [1.165, 1.54) is 0 Å². The van der Waals surface area contributed by atoms with Crippen molar-refractivity contribution in [3.05, 3.63) is 11.3 Å². The highest BCUT2D eigenvalue weighted by molar-refractivity contribution is 6.00. The molecular formula is C18H33N3O10. The van der Waals surface area contributed by atoms with E-state index in [2.05, 4.69) is 16.5 Å². The average molecular weight is 451 g/mol. The number of ketones is 1. The van der Waals surface area contributed by atoms with Gasteiger partial charge in [-0.2, -0.15) is 5.90 Å². The highest BCUT2D eigenvalue weighted by Crippen LogP contribution is 2.13. The summed E-state index contributed by atoms with van der Waals surface area (Å²) in [6, 6.07) is 0. The van der Waals surface area contributed by atoms with Crippen LogP contribution in [0.2, 0.25) is 0 Å².